The molecule has 0 unspecified atom stereocenters. The van der Waals surface area contributed by atoms with E-state index in [4.69, 9.17) is 18.6 Å². The molecule has 0 radical (unpaired) electrons. The summed E-state index contributed by atoms with van der Waals surface area (Å²) in [7, 11) is 8.19. The molecule has 0 saturated carbocycles. The summed E-state index contributed by atoms with van der Waals surface area (Å²) in [5.74, 6) is 0.430. The van der Waals surface area contributed by atoms with Crippen molar-refractivity contribution in [2.45, 2.75) is 38.9 Å². The first-order chi connectivity index (χ1) is 12.1. The number of hydrogen-bond acceptors (Lipinski definition) is 2. The van der Waals surface area contributed by atoms with Gasteiger partial charge in [-0.15, -0.1) is 0 Å². The van der Waals surface area contributed by atoms with Gasteiger partial charge >= 0.3 is 35.6 Å². The van der Waals surface area contributed by atoms with E-state index >= 15 is 0 Å². The van der Waals surface area contributed by atoms with Crippen LogP contribution >= 0.6 is 18.6 Å². The molecule has 2 aromatic carbocycles. The Hall–Kier alpha value is -0.579. The molecular weight excluding hydrogens is 405 g/mol. The van der Waals surface area contributed by atoms with Gasteiger partial charge in [0.05, 0.1) is 13.8 Å². The van der Waals surface area contributed by atoms with Gasteiger partial charge in [0.1, 0.15) is 5.75 Å². The molecular formula is C19H25Cl2NOSiTi. The Morgan fingerprint density at radius 3 is 2.04 bits per heavy atom. The molecule has 2 rings (SSSR count). The quantitative estimate of drug-likeness (QED) is 0.428. The molecule has 0 aliphatic rings. The first-order valence-electron chi connectivity index (χ1n) is 8.46. The summed E-state index contributed by atoms with van der Waals surface area (Å²) >= 11 is -0.556. The first-order valence-corrected chi connectivity index (χ1v) is 15.4. The summed E-state index contributed by atoms with van der Waals surface area (Å²) in [4.78, 5) is 4.47. The number of aromatic hydroxyl groups is 1. The molecule has 134 valence electrons. The molecule has 0 spiro atoms. The average molecular weight is 430 g/mol. The summed E-state index contributed by atoms with van der Waals surface area (Å²) < 4.78 is 0. The van der Waals surface area contributed by atoms with E-state index in [9.17, 15) is 5.11 Å². The molecule has 0 aliphatic carbocycles. The Morgan fingerprint density at radius 1 is 0.960 bits per heavy atom. The normalized spacial score (nSPS) is 11.1. The molecule has 6 heteroatoms. The third kappa shape index (κ3) is 6.26. The van der Waals surface area contributed by atoms with Gasteiger partial charge in [-0.3, -0.25) is 4.99 Å². The van der Waals surface area contributed by atoms with Gasteiger partial charge in [0.2, 0.25) is 0 Å². The monoisotopic (exact) mass is 429 g/mol. The van der Waals surface area contributed by atoms with Crippen molar-refractivity contribution in [1.82, 2.24) is 0 Å². The number of aliphatic imine (C=N–C) groups is 1. The fraction of sp³-hybridized carbons (Fsp3) is 0.316. The fourth-order valence-corrected chi connectivity index (χ4v) is 6.81. The van der Waals surface area contributed by atoms with Crippen LogP contribution in [-0.2, 0) is 17.0 Å². The van der Waals surface area contributed by atoms with Gasteiger partial charge < -0.3 is 5.11 Å². The molecule has 25 heavy (non-hydrogen) atoms. The van der Waals surface area contributed by atoms with Gasteiger partial charge in [-0.1, -0.05) is 69.2 Å². The van der Waals surface area contributed by atoms with E-state index in [1.807, 2.05) is 42.5 Å². The van der Waals surface area contributed by atoms with Gasteiger partial charge in [-0.2, -0.15) is 0 Å². The second-order valence-corrected chi connectivity index (χ2v) is 13.5. The molecule has 0 bridgehead atoms. The van der Waals surface area contributed by atoms with Crippen LogP contribution in [0, 0.1) is 0 Å². The van der Waals surface area contributed by atoms with Crippen LogP contribution in [0.4, 0.5) is 5.69 Å². The third-order valence-electron chi connectivity index (χ3n) is 4.78. The van der Waals surface area contributed by atoms with Crippen LogP contribution in [0.5, 0.6) is 5.75 Å². The molecule has 0 aromatic heterocycles. The van der Waals surface area contributed by atoms with E-state index < -0.39 is 25.1 Å². The van der Waals surface area contributed by atoms with Crippen molar-refractivity contribution in [1.29, 1.82) is 0 Å². The number of phenols is 1. The van der Waals surface area contributed by atoms with Crippen LogP contribution in [0.1, 0.15) is 26.3 Å². The molecule has 0 aliphatic heterocycles. The molecule has 0 atom stereocenters. The van der Waals surface area contributed by atoms with E-state index in [-0.39, 0.29) is 0 Å². The zero-order chi connectivity index (χ0) is 18.7. The maximum atomic E-state index is 10.7. The fourth-order valence-electron chi connectivity index (χ4n) is 3.07. The van der Waals surface area contributed by atoms with Gasteiger partial charge in [-0.25, -0.2) is 0 Å². The van der Waals surface area contributed by atoms with Gasteiger partial charge in [0.15, 0.2) is 0 Å². The summed E-state index contributed by atoms with van der Waals surface area (Å²) in [5, 5.41) is 11.9. The van der Waals surface area contributed by atoms with Gasteiger partial charge in [0.25, 0.3) is 0 Å². The SMILES string of the molecule is CC[Si](CC)(CC)c1cccc(C=Nc2ccccc2)c1O.[Cl][Ti][Cl]. The number of halogens is 2. The molecule has 0 fully saturated rings. The molecule has 2 aromatic rings. The van der Waals surface area contributed by atoms with Crippen molar-refractivity contribution in [3.63, 3.8) is 0 Å². The van der Waals surface area contributed by atoms with Crippen LogP contribution in [0.15, 0.2) is 53.5 Å². The minimum atomic E-state index is -1.59. The third-order valence-corrected chi connectivity index (χ3v) is 10.4. The van der Waals surface area contributed by atoms with Crippen molar-refractivity contribution in [2.75, 3.05) is 0 Å². The predicted octanol–water partition coefficient (Wildman–Crippen LogP) is 6.23. The number of para-hydroxylation sites is 2. The Labute approximate surface area is 169 Å². The Balaban J connectivity index is 0.000000970. The van der Waals surface area contributed by atoms with Crippen molar-refractivity contribution >= 4 is 43.8 Å². The Kier molecular flexibility index (Phi) is 10.7. The van der Waals surface area contributed by atoms with E-state index in [0.29, 0.717) is 5.75 Å². The summed E-state index contributed by atoms with van der Waals surface area (Å²) in [6.45, 7) is 6.76. The van der Waals surface area contributed by atoms with Crippen molar-refractivity contribution in [2.24, 2.45) is 4.99 Å². The van der Waals surface area contributed by atoms with E-state index in [2.05, 4.69) is 31.8 Å². The van der Waals surface area contributed by atoms with Crippen LogP contribution in [0.2, 0.25) is 18.1 Å². The number of rotatable bonds is 6. The second-order valence-electron chi connectivity index (χ2n) is 5.75. The summed E-state index contributed by atoms with van der Waals surface area (Å²) in [6, 6.07) is 19.4. The zero-order valence-corrected chi connectivity index (χ0v) is 19.0. The zero-order valence-electron chi connectivity index (χ0n) is 15.0. The van der Waals surface area contributed by atoms with Crippen molar-refractivity contribution < 1.29 is 22.1 Å². The summed E-state index contributed by atoms with van der Waals surface area (Å²) in [5.41, 5.74) is 1.71. The van der Waals surface area contributed by atoms with Gasteiger partial charge in [0, 0.05) is 11.8 Å². The second kappa shape index (κ2) is 11.9. The molecule has 0 saturated heterocycles. The molecule has 2 nitrogen and oxygen atoms in total. The molecule has 1 N–H and O–H groups in total. The summed E-state index contributed by atoms with van der Waals surface area (Å²) in [6.07, 6.45) is 1.77. The van der Waals surface area contributed by atoms with Crippen LogP contribution < -0.4 is 5.19 Å². The molecule has 0 amide bonds. The number of hydrogen-bond donors (Lipinski definition) is 1. The minimum absolute atomic E-state index is 0.430. The predicted molar refractivity (Wildman–Crippen MR) is 110 cm³/mol. The Morgan fingerprint density at radius 2 is 1.52 bits per heavy atom. The molecule has 0 heterocycles. The van der Waals surface area contributed by atoms with Crippen molar-refractivity contribution in [3.05, 3.63) is 54.1 Å². The number of nitrogens with zero attached hydrogens (tertiary/aromatic N) is 1. The number of benzene rings is 2. The maximum absolute atomic E-state index is 10.7. The topological polar surface area (TPSA) is 32.6 Å². The van der Waals surface area contributed by atoms with Crippen LogP contribution in [0.25, 0.3) is 0 Å². The standard InChI is InChI=1S/C19H25NOSi.2ClH.Ti/c1-4-22(5-2,6-3)18-14-10-11-16(19(18)21)15-20-17-12-8-7-9-13-17;;;/h7-15,21H,4-6H2,1-3H3;2*1H;/q;;;+2/p-2. The van der Waals surface area contributed by atoms with E-state index in [0.717, 1.165) is 29.4 Å². The Bertz CT molecular complexity index is 655. The van der Waals surface area contributed by atoms with Crippen LogP contribution in [0.3, 0.4) is 0 Å². The number of phenolic OH excluding ortho intramolecular Hbond substituents is 1. The van der Waals surface area contributed by atoms with E-state index in [1.54, 1.807) is 6.21 Å². The van der Waals surface area contributed by atoms with Crippen molar-refractivity contribution in [3.8, 4) is 5.75 Å². The average Bonchev–Trinajstić information content (AvgIpc) is 2.65. The van der Waals surface area contributed by atoms with Crippen LogP contribution in [-0.4, -0.2) is 19.4 Å². The first kappa shape index (κ1) is 22.5. The van der Waals surface area contributed by atoms with Gasteiger partial charge in [-0.05, 0) is 23.4 Å². The van der Waals surface area contributed by atoms with E-state index in [1.165, 1.54) is 5.19 Å².